The second-order valence-electron chi connectivity index (χ2n) is 7.71. The van der Waals surface area contributed by atoms with Gasteiger partial charge in [0.15, 0.2) is 0 Å². The van der Waals surface area contributed by atoms with Crippen molar-refractivity contribution < 1.29 is 0 Å². The molecule has 0 radical (unpaired) electrons. The molecule has 0 spiro atoms. The molecule has 0 saturated carbocycles. The average molecular weight is 358 g/mol. The highest BCUT2D eigenvalue weighted by atomic mass is 15.1. The molecule has 3 aromatic carbocycles. The van der Waals surface area contributed by atoms with Gasteiger partial charge in [0, 0.05) is 13.2 Å². The summed E-state index contributed by atoms with van der Waals surface area (Å²) in [6, 6.07) is 19.7. The normalized spacial score (nSPS) is 13.0. The van der Waals surface area contributed by atoms with E-state index < -0.39 is 0 Å². The largest absolute Gasteiger partial charge is 0.372 e. The molecule has 0 N–H and O–H groups in total. The summed E-state index contributed by atoms with van der Waals surface area (Å²) in [7, 11) is 2.18. The molecule has 0 aliphatic carbocycles. The summed E-state index contributed by atoms with van der Waals surface area (Å²) in [5.41, 5.74) is 2.76. The number of benzene rings is 3. The van der Waals surface area contributed by atoms with Crippen molar-refractivity contribution in [1.82, 2.24) is 4.90 Å². The molecule has 3 rings (SSSR count). The fourth-order valence-electron chi connectivity index (χ4n) is 3.89. The van der Waals surface area contributed by atoms with Crippen molar-refractivity contribution in [1.29, 1.82) is 0 Å². The lowest BCUT2D eigenvalue weighted by molar-refractivity contribution is 0.266. The molecule has 27 heavy (non-hydrogen) atoms. The van der Waals surface area contributed by atoms with Crippen LogP contribution in [-0.4, -0.2) is 17.5 Å². The third kappa shape index (κ3) is 3.78. The first kappa shape index (κ1) is 19.2. The Morgan fingerprint density at radius 3 is 2.37 bits per heavy atom. The maximum atomic E-state index is 2.37. The van der Waals surface area contributed by atoms with Crippen molar-refractivity contribution in [2.75, 3.05) is 7.05 Å². The topological polar surface area (TPSA) is 3.24 Å². The predicted molar refractivity (Wildman–Crippen MR) is 121 cm³/mol. The van der Waals surface area contributed by atoms with Crippen molar-refractivity contribution in [2.24, 2.45) is 0 Å². The molecule has 0 aromatic heterocycles. The molecular formula is C26H31N. The van der Waals surface area contributed by atoms with Crippen LogP contribution in [0.5, 0.6) is 0 Å². The molecule has 0 unspecified atom stereocenters. The quantitative estimate of drug-likeness (QED) is 0.328. The Hall–Kier alpha value is -2.54. The van der Waals surface area contributed by atoms with Gasteiger partial charge < -0.3 is 4.90 Å². The molecule has 0 fully saturated rings. The summed E-state index contributed by atoms with van der Waals surface area (Å²) in [6.45, 7) is 9.07. The van der Waals surface area contributed by atoms with Gasteiger partial charge in [0.25, 0.3) is 0 Å². The van der Waals surface area contributed by atoms with Crippen LogP contribution in [0.3, 0.4) is 0 Å². The highest BCUT2D eigenvalue weighted by Gasteiger charge is 2.24. The van der Waals surface area contributed by atoms with Crippen LogP contribution in [0.4, 0.5) is 0 Å². The smallest absolute Gasteiger partial charge is 0.0548 e. The Morgan fingerprint density at radius 2 is 1.63 bits per heavy atom. The fourth-order valence-corrected chi connectivity index (χ4v) is 3.89. The fraction of sp³-hybridized carbons (Fsp3) is 0.308. The van der Waals surface area contributed by atoms with Gasteiger partial charge in [-0.25, -0.2) is 0 Å². The molecule has 0 heterocycles. The molecule has 0 aliphatic rings. The molecule has 1 heteroatoms. The van der Waals surface area contributed by atoms with E-state index in [2.05, 4.69) is 113 Å². The zero-order chi connectivity index (χ0) is 19.4. The van der Waals surface area contributed by atoms with Gasteiger partial charge in [0.05, 0.1) is 5.54 Å². The summed E-state index contributed by atoms with van der Waals surface area (Å²) in [4.78, 5) is 2.33. The highest BCUT2D eigenvalue weighted by molar-refractivity contribution is 6.09. The molecule has 0 aliphatic heterocycles. The van der Waals surface area contributed by atoms with E-state index in [1.54, 1.807) is 0 Å². The number of allylic oxidation sites excluding steroid dienone is 1. The summed E-state index contributed by atoms with van der Waals surface area (Å²) < 4.78 is 0. The van der Waals surface area contributed by atoms with Crippen molar-refractivity contribution in [3.05, 3.63) is 78.0 Å². The molecule has 3 aromatic rings. The van der Waals surface area contributed by atoms with Crippen molar-refractivity contribution in [3.8, 4) is 0 Å². The number of hydrogen-bond donors (Lipinski definition) is 0. The molecule has 0 amide bonds. The number of nitrogens with zero attached hydrogens (tertiary/aromatic N) is 1. The lowest BCUT2D eigenvalue weighted by atomic mass is 9.89. The van der Waals surface area contributed by atoms with E-state index in [0.717, 1.165) is 12.8 Å². The summed E-state index contributed by atoms with van der Waals surface area (Å²) in [5.74, 6) is 0. The summed E-state index contributed by atoms with van der Waals surface area (Å²) in [6.07, 6.45) is 9.01. The van der Waals surface area contributed by atoms with E-state index >= 15 is 0 Å². The van der Waals surface area contributed by atoms with Gasteiger partial charge in [0.1, 0.15) is 0 Å². The van der Waals surface area contributed by atoms with Crippen LogP contribution in [0, 0.1) is 0 Å². The summed E-state index contributed by atoms with van der Waals surface area (Å²) in [5, 5.41) is 5.23. The standard InChI is InChI=1S/C26H31N/c1-6-11-22(7-2)26(3,4)27(5)19-18-21-13-10-15-25-23-14-9-8-12-20(23)16-17-24(21)25/h8-19H,6-7H2,1-5H3/b19-18-,22-11-. The van der Waals surface area contributed by atoms with Crippen LogP contribution in [0.1, 0.15) is 46.1 Å². The second-order valence-corrected chi connectivity index (χ2v) is 7.71. The third-order valence-electron chi connectivity index (χ3n) is 5.80. The Kier molecular flexibility index (Phi) is 5.70. The number of fused-ring (bicyclic) bond motifs is 3. The first-order chi connectivity index (χ1) is 13.0. The van der Waals surface area contributed by atoms with Gasteiger partial charge in [-0.05, 0) is 65.4 Å². The van der Waals surface area contributed by atoms with Gasteiger partial charge in [-0.3, -0.25) is 0 Å². The second kappa shape index (κ2) is 8.00. The van der Waals surface area contributed by atoms with Gasteiger partial charge in [-0.15, -0.1) is 0 Å². The minimum Gasteiger partial charge on any atom is -0.372 e. The molecule has 1 nitrogen and oxygen atoms in total. The van der Waals surface area contributed by atoms with Crippen LogP contribution in [0.15, 0.2) is 72.4 Å². The first-order valence-corrected chi connectivity index (χ1v) is 10.00. The van der Waals surface area contributed by atoms with E-state index in [0.29, 0.717) is 0 Å². The summed E-state index contributed by atoms with van der Waals surface area (Å²) >= 11 is 0. The minimum atomic E-state index is 0.0124. The molecule has 0 atom stereocenters. The van der Waals surface area contributed by atoms with E-state index in [-0.39, 0.29) is 5.54 Å². The number of hydrogen-bond acceptors (Lipinski definition) is 1. The van der Waals surface area contributed by atoms with Gasteiger partial charge in [-0.1, -0.05) is 74.5 Å². The van der Waals surface area contributed by atoms with Crippen LogP contribution in [0.2, 0.25) is 0 Å². The zero-order valence-electron chi connectivity index (χ0n) is 17.3. The Bertz CT molecular complexity index is 991. The lowest BCUT2D eigenvalue weighted by Gasteiger charge is -2.37. The predicted octanol–water partition coefficient (Wildman–Crippen LogP) is 7.42. The third-order valence-corrected chi connectivity index (χ3v) is 5.80. The van der Waals surface area contributed by atoms with Gasteiger partial charge in [0.2, 0.25) is 0 Å². The van der Waals surface area contributed by atoms with Crippen molar-refractivity contribution in [3.63, 3.8) is 0 Å². The lowest BCUT2D eigenvalue weighted by Crippen LogP contribution is -2.39. The van der Waals surface area contributed by atoms with Crippen LogP contribution in [0.25, 0.3) is 27.6 Å². The van der Waals surface area contributed by atoms with Crippen LogP contribution < -0.4 is 0 Å². The van der Waals surface area contributed by atoms with E-state index in [9.17, 15) is 0 Å². The zero-order valence-corrected chi connectivity index (χ0v) is 17.3. The molecular weight excluding hydrogens is 326 g/mol. The highest BCUT2D eigenvalue weighted by Crippen LogP contribution is 2.30. The Morgan fingerprint density at radius 1 is 0.889 bits per heavy atom. The van der Waals surface area contributed by atoms with Gasteiger partial charge in [-0.2, -0.15) is 0 Å². The first-order valence-electron chi connectivity index (χ1n) is 10.00. The monoisotopic (exact) mass is 357 g/mol. The SMILES string of the molecule is CC/C=C(/CC)C(C)(C)N(C)/C=C\c1cccc2c1ccc1ccccc12. The molecule has 140 valence electrons. The van der Waals surface area contributed by atoms with E-state index in [1.807, 2.05) is 0 Å². The van der Waals surface area contributed by atoms with Crippen molar-refractivity contribution >= 4 is 27.6 Å². The van der Waals surface area contributed by atoms with Crippen LogP contribution >= 0.6 is 0 Å². The van der Waals surface area contributed by atoms with Crippen LogP contribution in [-0.2, 0) is 0 Å². The number of likely N-dealkylation sites (N-methyl/N-ethyl adjacent to an activating group) is 1. The Balaban J connectivity index is 1.99. The molecule has 0 bridgehead atoms. The maximum Gasteiger partial charge on any atom is 0.0548 e. The minimum absolute atomic E-state index is 0.0124. The number of rotatable bonds is 6. The maximum absolute atomic E-state index is 2.37. The average Bonchev–Trinajstić information content (AvgIpc) is 2.69. The van der Waals surface area contributed by atoms with E-state index in [4.69, 9.17) is 0 Å². The van der Waals surface area contributed by atoms with E-state index in [1.165, 1.54) is 32.7 Å². The van der Waals surface area contributed by atoms with Gasteiger partial charge >= 0.3 is 0 Å². The Labute approximate surface area is 164 Å². The van der Waals surface area contributed by atoms with Crippen molar-refractivity contribution in [2.45, 2.75) is 46.1 Å². The molecule has 0 saturated heterocycles.